The van der Waals surface area contributed by atoms with Gasteiger partial charge in [-0.3, -0.25) is 13.9 Å². The van der Waals surface area contributed by atoms with Crippen molar-refractivity contribution in [3.8, 4) is 11.3 Å². The molecule has 0 saturated heterocycles. The number of hydrogen-bond donors (Lipinski definition) is 2. The number of nitrogens with one attached hydrogen (secondary N) is 1. The summed E-state index contributed by atoms with van der Waals surface area (Å²) < 4.78 is 17.2. The zero-order valence-corrected chi connectivity index (χ0v) is 15.9. The van der Waals surface area contributed by atoms with Crippen LogP contribution < -0.4 is 5.32 Å². The maximum absolute atomic E-state index is 14.0. The molecule has 0 saturated carbocycles. The van der Waals surface area contributed by atoms with Crippen molar-refractivity contribution in [2.45, 2.75) is 0 Å². The van der Waals surface area contributed by atoms with Crippen molar-refractivity contribution < 1.29 is 19.1 Å². The lowest BCUT2D eigenvalue weighted by atomic mass is 10.2. The van der Waals surface area contributed by atoms with Gasteiger partial charge in [0.2, 0.25) is 0 Å². The summed E-state index contributed by atoms with van der Waals surface area (Å²) >= 11 is 0. The van der Waals surface area contributed by atoms with E-state index in [0.717, 1.165) is 29.5 Å². The van der Waals surface area contributed by atoms with Gasteiger partial charge in [-0.1, -0.05) is 0 Å². The molecule has 148 valence electrons. The Balaban J connectivity index is 0.00000240. The zero-order chi connectivity index (χ0) is 19.8. The molecule has 8 nitrogen and oxygen atoms in total. The normalized spacial score (nSPS) is 10.6. The summed E-state index contributed by atoms with van der Waals surface area (Å²) in [6.07, 6.45) is 4.74. The van der Waals surface area contributed by atoms with Crippen LogP contribution in [0.15, 0.2) is 55.0 Å². The lowest BCUT2D eigenvalue weighted by Crippen LogP contribution is -2.15. The molecule has 3 aromatic heterocycles. The largest absolute Gasteiger partial charge is 0.478 e. The van der Waals surface area contributed by atoms with E-state index in [1.54, 1.807) is 27.5 Å². The van der Waals surface area contributed by atoms with Gasteiger partial charge >= 0.3 is 5.97 Å². The number of hydrogen-bond acceptors (Lipinski definition) is 4. The van der Waals surface area contributed by atoms with Crippen LogP contribution in [0, 0.1) is 5.82 Å². The average Bonchev–Trinajstić information content (AvgIpc) is 3.28. The first-order valence-corrected chi connectivity index (χ1v) is 8.24. The van der Waals surface area contributed by atoms with E-state index in [4.69, 9.17) is 5.11 Å². The molecule has 1 amide bonds. The molecule has 0 bridgehead atoms. The van der Waals surface area contributed by atoms with Crippen LogP contribution in [0.4, 0.5) is 10.1 Å². The number of anilines is 1. The number of benzene rings is 1. The number of carbonyl (C=O) groups excluding carboxylic acids is 1. The molecule has 0 atom stereocenters. The Morgan fingerprint density at radius 1 is 1.17 bits per heavy atom. The van der Waals surface area contributed by atoms with E-state index >= 15 is 0 Å². The Bertz CT molecular complexity index is 1230. The van der Waals surface area contributed by atoms with Gasteiger partial charge in [0, 0.05) is 25.0 Å². The molecule has 2 N–H and O–H groups in total. The SMILES string of the molecule is Cl.Cn1nccc1-c1ccn2c(C(=O)Nc3cc(C(=O)O)ccc3F)cnc2c1. The van der Waals surface area contributed by atoms with Crippen molar-refractivity contribution in [1.82, 2.24) is 19.2 Å². The molecular weight excluding hydrogens is 401 g/mol. The molecule has 0 spiro atoms. The van der Waals surface area contributed by atoms with Gasteiger partial charge in [-0.05, 0) is 36.4 Å². The quantitative estimate of drug-likeness (QED) is 0.532. The molecule has 0 radical (unpaired) electrons. The second-order valence-corrected chi connectivity index (χ2v) is 6.08. The lowest BCUT2D eigenvalue weighted by molar-refractivity contribution is 0.0696. The predicted molar refractivity (Wildman–Crippen MR) is 106 cm³/mol. The minimum Gasteiger partial charge on any atom is -0.478 e. The number of amides is 1. The second kappa shape index (κ2) is 7.72. The number of carbonyl (C=O) groups is 2. The fraction of sp³-hybridized carbons (Fsp3) is 0.0526. The van der Waals surface area contributed by atoms with Gasteiger partial charge < -0.3 is 10.4 Å². The molecular formula is C19H15ClFN5O3. The van der Waals surface area contributed by atoms with Crippen LogP contribution >= 0.6 is 12.4 Å². The van der Waals surface area contributed by atoms with Crippen LogP contribution in [0.25, 0.3) is 16.9 Å². The van der Waals surface area contributed by atoms with E-state index < -0.39 is 17.7 Å². The number of nitrogens with zero attached hydrogens (tertiary/aromatic N) is 4. The molecule has 0 aliphatic rings. The lowest BCUT2D eigenvalue weighted by Gasteiger charge is -2.08. The van der Waals surface area contributed by atoms with Crippen molar-refractivity contribution >= 4 is 35.6 Å². The topological polar surface area (TPSA) is 102 Å². The second-order valence-electron chi connectivity index (χ2n) is 6.08. The molecule has 0 fully saturated rings. The smallest absolute Gasteiger partial charge is 0.335 e. The molecule has 0 aliphatic heterocycles. The third-order valence-electron chi connectivity index (χ3n) is 4.32. The van der Waals surface area contributed by atoms with Gasteiger partial charge in [-0.15, -0.1) is 12.4 Å². The molecule has 4 rings (SSSR count). The number of carboxylic acids is 1. The van der Waals surface area contributed by atoms with E-state index in [1.807, 2.05) is 19.2 Å². The van der Waals surface area contributed by atoms with Gasteiger partial charge in [-0.2, -0.15) is 5.10 Å². The standard InChI is InChI=1S/C19H14FN5O3.ClH/c1-24-15(4-6-22-24)11-5-7-25-16(10-21-17(25)9-11)18(26)23-14-8-12(19(27)28)2-3-13(14)20;/h2-10H,1H3,(H,23,26)(H,27,28);1H. The Morgan fingerprint density at radius 3 is 2.66 bits per heavy atom. The van der Waals surface area contributed by atoms with E-state index in [2.05, 4.69) is 15.4 Å². The number of aryl methyl sites for hydroxylation is 1. The van der Waals surface area contributed by atoms with Crippen LogP contribution in [-0.4, -0.2) is 36.1 Å². The number of rotatable bonds is 4. The third kappa shape index (κ3) is 3.67. The van der Waals surface area contributed by atoms with Crippen molar-refractivity contribution in [1.29, 1.82) is 0 Å². The number of halogens is 2. The highest BCUT2D eigenvalue weighted by molar-refractivity contribution is 6.04. The summed E-state index contributed by atoms with van der Waals surface area (Å²) in [7, 11) is 1.82. The van der Waals surface area contributed by atoms with Crippen molar-refractivity contribution in [2.24, 2.45) is 7.05 Å². The minimum atomic E-state index is -1.21. The highest BCUT2D eigenvalue weighted by atomic mass is 35.5. The van der Waals surface area contributed by atoms with Gasteiger partial charge in [0.15, 0.2) is 0 Å². The first-order chi connectivity index (χ1) is 13.4. The predicted octanol–water partition coefficient (Wildman–Crippen LogP) is 3.25. The van der Waals surface area contributed by atoms with E-state index in [-0.39, 0.29) is 29.4 Å². The van der Waals surface area contributed by atoms with E-state index in [9.17, 15) is 14.0 Å². The maximum atomic E-state index is 14.0. The third-order valence-corrected chi connectivity index (χ3v) is 4.32. The summed E-state index contributed by atoms with van der Waals surface area (Å²) in [6.45, 7) is 0. The highest BCUT2D eigenvalue weighted by Crippen LogP contribution is 2.22. The Kier molecular flexibility index (Phi) is 5.33. The van der Waals surface area contributed by atoms with Gasteiger partial charge in [0.25, 0.3) is 5.91 Å². The van der Waals surface area contributed by atoms with E-state index in [0.29, 0.717) is 5.65 Å². The first kappa shape index (κ1) is 20.0. The van der Waals surface area contributed by atoms with Crippen LogP contribution in [0.1, 0.15) is 20.8 Å². The van der Waals surface area contributed by atoms with Crippen LogP contribution in [0.3, 0.4) is 0 Å². The number of pyridine rings is 1. The summed E-state index contributed by atoms with van der Waals surface area (Å²) in [4.78, 5) is 27.9. The summed E-state index contributed by atoms with van der Waals surface area (Å²) in [6, 6.07) is 8.67. The zero-order valence-electron chi connectivity index (χ0n) is 15.0. The van der Waals surface area contributed by atoms with Crippen molar-refractivity contribution in [3.63, 3.8) is 0 Å². The molecule has 3 heterocycles. The number of carboxylic acid groups (broad SMARTS) is 1. The summed E-state index contributed by atoms with van der Waals surface area (Å²) in [5.74, 6) is -2.55. The molecule has 10 heteroatoms. The van der Waals surface area contributed by atoms with E-state index in [1.165, 1.54) is 6.20 Å². The van der Waals surface area contributed by atoms with Crippen molar-refractivity contribution in [2.75, 3.05) is 5.32 Å². The minimum absolute atomic E-state index is 0. The molecule has 29 heavy (non-hydrogen) atoms. The Labute approximate surface area is 170 Å². The molecule has 1 aromatic carbocycles. The molecule has 4 aromatic rings. The van der Waals surface area contributed by atoms with Gasteiger partial charge in [-0.25, -0.2) is 14.2 Å². The maximum Gasteiger partial charge on any atom is 0.335 e. The monoisotopic (exact) mass is 415 g/mol. The summed E-state index contributed by atoms with van der Waals surface area (Å²) in [5.41, 5.74) is 2.15. The number of fused-ring (bicyclic) bond motifs is 1. The van der Waals surface area contributed by atoms with Crippen LogP contribution in [0.2, 0.25) is 0 Å². The fourth-order valence-corrected chi connectivity index (χ4v) is 2.91. The van der Waals surface area contributed by atoms with Gasteiger partial charge in [0.05, 0.1) is 23.1 Å². The number of aromatic nitrogens is 4. The Hall–Kier alpha value is -3.72. The molecule has 0 unspecified atom stereocenters. The van der Waals surface area contributed by atoms with Gasteiger partial charge in [0.1, 0.15) is 17.2 Å². The number of imidazole rings is 1. The average molecular weight is 416 g/mol. The van der Waals surface area contributed by atoms with Crippen LogP contribution in [0.5, 0.6) is 0 Å². The first-order valence-electron chi connectivity index (χ1n) is 8.24. The fourth-order valence-electron chi connectivity index (χ4n) is 2.91. The number of aromatic carboxylic acids is 1. The van der Waals surface area contributed by atoms with Crippen molar-refractivity contribution in [3.05, 3.63) is 72.1 Å². The Morgan fingerprint density at radius 2 is 1.97 bits per heavy atom. The molecule has 0 aliphatic carbocycles. The highest BCUT2D eigenvalue weighted by Gasteiger charge is 2.16. The summed E-state index contributed by atoms with van der Waals surface area (Å²) in [5, 5.41) is 15.6. The van der Waals surface area contributed by atoms with Crippen LogP contribution in [-0.2, 0) is 7.05 Å².